The quantitative estimate of drug-likeness (QED) is 0.626. The van der Waals surface area contributed by atoms with E-state index in [9.17, 15) is 9.18 Å². The summed E-state index contributed by atoms with van der Waals surface area (Å²) >= 11 is 0. The maximum Gasteiger partial charge on any atom is 0.255 e. The number of hydrogen-bond donors (Lipinski definition) is 1. The number of piperidine rings is 1. The van der Waals surface area contributed by atoms with Crippen LogP contribution in [0.15, 0.2) is 42.6 Å². The summed E-state index contributed by atoms with van der Waals surface area (Å²) in [5, 5.41) is 7.73. The van der Waals surface area contributed by atoms with Gasteiger partial charge in [0.05, 0.1) is 29.2 Å². The number of pyridine rings is 1. The van der Waals surface area contributed by atoms with Gasteiger partial charge in [0.15, 0.2) is 5.82 Å². The van der Waals surface area contributed by atoms with Crippen molar-refractivity contribution < 1.29 is 9.18 Å². The molecule has 0 saturated carbocycles. The third-order valence-corrected chi connectivity index (χ3v) is 7.46. The van der Waals surface area contributed by atoms with Crippen molar-refractivity contribution in [2.75, 3.05) is 51.2 Å². The molecule has 8 nitrogen and oxygen atoms in total. The summed E-state index contributed by atoms with van der Waals surface area (Å²) in [5.74, 6) is 0.389. The Hall–Kier alpha value is -3.30. The van der Waals surface area contributed by atoms with Gasteiger partial charge in [-0.1, -0.05) is 12.1 Å². The molecule has 1 aromatic carbocycles. The van der Waals surface area contributed by atoms with Gasteiger partial charge in [0.25, 0.3) is 5.91 Å². The number of nitrogens with one attached hydrogen (secondary N) is 1. The topological polar surface area (TPSA) is 69.5 Å². The summed E-state index contributed by atoms with van der Waals surface area (Å²) in [7, 11) is 2.19. The highest BCUT2D eigenvalue weighted by Crippen LogP contribution is 2.30. The molecule has 3 aliphatic heterocycles. The molecule has 35 heavy (non-hydrogen) atoms. The lowest BCUT2D eigenvalue weighted by atomic mass is 10.0. The van der Waals surface area contributed by atoms with Crippen LogP contribution in [0.1, 0.15) is 28.9 Å². The number of hydrogen-bond acceptors (Lipinski definition) is 6. The van der Waals surface area contributed by atoms with E-state index in [0.717, 1.165) is 51.5 Å². The summed E-state index contributed by atoms with van der Waals surface area (Å²) in [6.07, 6.45) is 4.24. The molecule has 1 N–H and O–H groups in total. The van der Waals surface area contributed by atoms with Crippen molar-refractivity contribution in [3.05, 3.63) is 59.7 Å². The lowest BCUT2D eigenvalue weighted by Gasteiger charge is -2.42. The van der Waals surface area contributed by atoms with Crippen LogP contribution in [0.5, 0.6) is 0 Å². The standard InChI is InChI=1S/C26H30FN7O/c1-31-11-13-32(14-12-31)18-5-4-9-33(17-18)24-8-10-34(30-24)23-15-21(19-6-2-3-7-20(19)27)29-22-16-28-26(35)25(22)23/h2-3,6-8,10,15,18H,4-5,9,11-14,16-17H2,1H3,(H,28,35). The minimum atomic E-state index is -0.340. The average molecular weight is 476 g/mol. The van der Waals surface area contributed by atoms with E-state index in [-0.39, 0.29) is 11.7 Å². The predicted octanol–water partition coefficient (Wildman–Crippen LogP) is 2.53. The Kier molecular flexibility index (Phi) is 5.74. The number of nitrogens with zero attached hydrogens (tertiary/aromatic N) is 6. The van der Waals surface area contributed by atoms with Gasteiger partial charge in [-0.25, -0.2) is 14.1 Å². The molecule has 1 unspecified atom stereocenters. The number of amides is 1. The summed E-state index contributed by atoms with van der Waals surface area (Å²) in [5.41, 5.74) is 2.67. The Bertz CT molecular complexity index is 1250. The number of anilines is 1. The molecule has 0 radical (unpaired) electrons. The van der Waals surface area contributed by atoms with Gasteiger partial charge in [0, 0.05) is 63.1 Å². The van der Waals surface area contributed by atoms with E-state index < -0.39 is 0 Å². The highest BCUT2D eigenvalue weighted by molar-refractivity contribution is 6.01. The third-order valence-electron chi connectivity index (χ3n) is 7.46. The number of benzene rings is 1. The number of piperazine rings is 1. The first-order valence-electron chi connectivity index (χ1n) is 12.4. The van der Waals surface area contributed by atoms with Crippen molar-refractivity contribution in [1.82, 2.24) is 29.9 Å². The lowest BCUT2D eigenvalue weighted by Crippen LogP contribution is -2.54. The SMILES string of the molecule is CN1CCN(C2CCCN(c3ccn(-c4cc(-c5ccccc5F)nc5c4C(=O)NC5)n3)C2)CC1. The van der Waals surface area contributed by atoms with Gasteiger partial charge in [-0.2, -0.15) is 5.10 Å². The molecular weight excluding hydrogens is 445 g/mol. The number of rotatable bonds is 4. The molecule has 0 spiro atoms. The molecule has 0 bridgehead atoms. The second kappa shape index (κ2) is 9.05. The fraction of sp³-hybridized carbons (Fsp3) is 0.423. The molecular formula is C26H30FN7O. The second-order valence-electron chi connectivity index (χ2n) is 9.71. The van der Waals surface area contributed by atoms with Crippen LogP contribution in [-0.2, 0) is 6.54 Å². The van der Waals surface area contributed by atoms with E-state index in [1.54, 1.807) is 28.9 Å². The van der Waals surface area contributed by atoms with Crippen molar-refractivity contribution in [1.29, 1.82) is 0 Å². The van der Waals surface area contributed by atoms with Crippen molar-refractivity contribution in [2.45, 2.75) is 25.4 Å². The second-order valence-corrected chi connectivity index (χ2v) is 9.71. The van der Waals surface area contributed by atoms with Crippen molar-refractivity contribution in [2.24, 2.45) is 0 Å². The molecule has 2 aromatic heterocycles. The van der Waals surface area contributed by atoms with Gasteiger partial charge >= 0.3 is 0 Å². The van der Waals surface area contributed by atoms with Gasteiger partial charge in [0.1, 0.15) is 5.82 Å². The first-order valence-corrected chi connectivity index (χ1v) is 12.4. The van der Waals surface area contributed by atoms with Gasteiger partial charge in [-0.15, -0.1) is 0 Å². The highest BCUT2D eigenvalue weighted by atomic mass is 19.1. The van der Waals surface area contributed by atoms with Crippen LogP contribution >= 0.6 is 0 Å². The molecule has 0 aliphatic carbocycles. The Morgan fingerprint density at radius 3 is 2.74 bits per heavy atom. The smallest absolute Gasteiger partial charge is 0.255 e. The van der Waals surface area contributed by atoms with E-state index in [1.165, 1.54) is 12.5 Å². The normalized spacial score (nSPS) is 21.3. The lowest BCUT2D eigenvalue weighted by molar-refractivity contribution is 0.0965. The summed E-state index contributed by atoms with van der Waals surface area (Å²) in [4.78, 5) is 24.6. The van der Waals surface area contributed by atoms with Crippen molar-refractivity contribution in [3.8, 4) is 16.9 Å². The first kappa shape index (κ1) is 22.2. The van der Waals surface area contributed by atoms with Gasteiger partial charge < -0.3 is 15.1 Å². The van der Waals surface area contributed by atoms with E-state index >= 15 is 0 Å². The minimum absolute atomic E-state index is 0.173. The predicted molar refractivity (Wildman–Crippen MR) is 132 cm³/mol. The summed E-state index contributed by atoms with van der Waals surface area (Å²) < 4.78 is 16.3. The fourth-order valence-electron chi connectivity index (χ4n) is 5.46. The number of aromatic nitrogens is 3. The largest absolute Gasteiger partial charge is 0.354 e. The number of fused-ring (bicyclic) bond motifs is 1. The van der Waals surface area contributed by atoms with Crippen LogP contribution in [0.25, 0.3) is 16.9 Å². The average Bonchev–Trinajstić information content (AvgIpc) is 3.52. The molecule has 1 atom stereocenters. The molecule has 6 rings (SSSR count). The van der Waals surface area contributed by atoms with Crippen LogP contribution in [-0.4, -0.2) is 82.8 Å². The van der Waals surface area contributed by atoms with Crippen LogP contribution in [0.4, 0.5) is 10.2 Å². The maximum absolute atomic E-state index is 14.5. The van der Waals surface area contributed by atoms with Crippen LogP contribution in [0, 0.1) is 5.82 Å². The molecule has 2 saturated heterocycles. The highest BCUT2D eigenvalue weighted by Gasteiger charge is 2.30. The zero-order valence-corrected chi connectivity index (χ0v) is 20.0. The van der Waals surface area contributed by atoms with E-state index in [2.05, 4.69) is 32.0 Å². The number of carbonyl (C=O) groups excluding carboxylic acids is 1. The summed E-state index contributed by atoms with van der Waals surface area (Å²) in [6.45, 7) is 6.71. The Labute approximate surface area is 204 Å². The molecule has 3 aromatic rings. The first-order chi connectivity index (χ1) is 17.1. The Morgan fingerprint density at radius 1 is 1.09 bits per heavy atom. The van der Waals surface area contributed by atoms with Gasteiger partial charge in [0.2, 0.25) is 0 Å². The van der Waals surface area contributed by atoms with Crippen molar-refractivity contribution >= 4 is 11.7 Å². The zero-order chi connectivity index (χ0) is 23.9. The number of carbonyl (C=O) groups is 1. The van der Waals surface area contributed by atoms with E-state index in [4.69, 9.17) is 5.10 Å². The molecule has 3 aliphatic rings. The van der Waals surface area contributed by atoms with Crippen molar-refractivity contribution in [3.63, 3.8) is 0 Å². The monoisotopic (exact) mass is 475 g/mol. The number of likely N-dealkylation sites (N-methyl/N-ethyl adjacent to an activating group) is 1. The molecule has 2 fully saturated rings. The third kappa shape index (κ3) is 4.19. The van der Waals surface area contributed by atoms with Gasteiger partial charge in [-0.05, 0) is 38.1 Å². The van der Waals surface area contributed by atoms with Crippen LogP contribution in [0.3, 0.4) is 0 Å². The number of halogens is 1. The van der Waals surface area contributed by atoms with Crippen LogP contribution in [0.2, 0.25) is 0 Å². The maximum atomic E-state index is 14.5. The molecule has 1 amide bonds. The zero-order valence-electron chi connectivity index (χ0n) is 20.0. The van der Waals surface area contributed by atoms with E-state index in [0.29, 0.717) is 40.8 Å². The fourth-order valence-corrected chi connectivity index (χ4v) is 5.46. The minimum Gasteiger partial charge on any atom is -0.354 e. The summed E-state index contributed by atoms with van der Waals surface area (Å²) in [6, 6.07) is 10.9. The van der Waals surface area contributed by atoms with E-state index in [1.807, 2.05) is 12.3 Å². The molecule has 9 heteroatoms. The van der Waals surface area contributed by atoms with Gasteiger partial charge in [-0.3, -0.25) is 9.69 Å². The molecule has 182 valence electrons. The Balaban J connectivity index is 1.30. The Morgan fingerprint density at radius 2 is 1.91 bits per heavy atom. The molecule has 5 heterocycles. The van der Waals surface area contributed by atoms with Crippen LogP contribution < -0.4 is 10.2 Å².